The van der Waals surface area contributed by atoms with Crippen molar-refractivity contribution < 1.29 is 32.3 Å². The summed E-state index contributed by atoms with van der Waals surface area (Å²) in [6, 6.07) is 5.45. The molecule has 2 aliphatic heterocycles. The van der Waals surface area contributed by atoms with Gasteiger partial charge >= 0.3 is 12.1 Å². The molecule has 1 aliphatic carbocycles. The number of rotatable bonds is 6. The Kier molecular flexibility index (Phi) is 6.94. The van der Waals surface area contributed by atoms with Crippen LogP contribution in [0.15, 0.2) is 24.3 Å². The molecule has 1 aromatic rings. The molecule has 2 fully saturated rings. The van der Waals surface area contributed by atoms with Crippen LogP contribution in [-0.4, -0.2) is 59.4 Å². The number of halogens is 3. The van der Waals surface area contributed by atoms with Crippen LogP contribution in [0.1, 0.15) is 52.5 Å². The van der Waals surface area contributed by atoms with E-state index in [1.807, 2.05) is 25.2 Å². The van der Waals surface area contributed by atoms with Crippen molar-refractivity contribution in [1.82, 2.24) is 15.5 Å². The number of nitriles is 1. The third kappa shape index (κ3) is 5.18. The van der Waals surface area contributed by atoms with Gasteiger partial charge in [-0.3, -0.25) is 19.2 Å². The Hall–Kier alpha value is -3.62. The molecular formula is C27H32F3N5O4. The SMILES string of the molecule is CC(C)(C)[C@H](NC(=O)C(F)(F)F)C(=O)N1C[C@H]2[C@@H]([C@H]1C(=O)N[C@H](C#N)C[C@H]1C(=O)Nc3ccccc31)C2(C)C. The summed E-state index contributed by atoms with van der Waals surface area (Å²) in [5.74, 6) is -4.92. The summed E-state index contributed by atoms with van der Waals surface area (Å²) in [7, 11) is 0. The van der Waals surface area contributed by atoms with Crippen LogP contribution in [0.25, 0.3) is 0 Å². The molecule has 0 unspecified atom stereocenters. The van der Waals surface area contributed by atoms with Gasteiger partial charge in [-0.15, -0.1) is 0 Å². The predicted octanol–water partition coefficient (Wildman–Crippen LogP) is 2.70. The Morgan fingerprint density at radius 1 is 1.18 bits per heavy atom. The van der Waals surface area contributed by atoms with Crippen LogP contribution in [0.5, 0.6) is 0 Å². The van der Waals surface area contributed by atoms with E-state index in [2.05, 4.69) is 10.6 Å². The summed E-state index contributed by atoms with van der Waals surface area (Å²) in [6.07, 6.45) is -5.17. The number of hydrogen-bond acceptors (Lipinski definition) is 5. The van der Waals surface area contributed by atoms with Crippen molar-refractivity contribution in [1.29, 1.82) is 5.26 Å². The lowest BCUT2D eigenvalue weighted by Crippen LogP contribution is -2.61. The maximum absolute atomic E-state index is 13.6. The van der Waals surface area contributed by atoms with E-state index in [1.54, 1.807) is 24.3 Å². The molecule has 0 aromatic heterocycles. The number of piperidine rings is 1. The van der Waals surface area contributed by atoms with Crippen molar-refractivity contribution in [2.24, 2.45) is 22.7 Å². The van der Waals surface area contributed by atoms with Crippen molar-refractivity contribution in [3.05, 3.63) is 29.8 Å². The van der Waals surface area contributed by atoms with E-state index in [0.29, 0.717) is 11.3 Å². The highest BCUT2D eigenvalue weighted by Crippen LogP contribution is 2.65. The van der Waals surface area contributed by atoms with Crippen molar-refractivity contribution >= 4 is 29.3 Å². The van der Waals surface area contributed by atoms with Crippen LogP contribution in [0.2, 0.25) is 0 Å². The number of fused-ring (bicyclic) bond motifs is 2. The molecule has 3 aliphatic rings. The first-order valence-electron chi connectivity index (χ1n) is 12.8. The number of benzene rings is 1. The van der Waals surface area contributed by atoms with E-state index in [-0.39, 0.29) is 36.1 Å². The Bertz CT molecular complexity index is 1250. The molecule has 4 rings (SSSR count). The summed E-state index contributed by atoms with van der Waals surface area (Å²) < 4.78 is 39.1. The standard InChI is InChI=1S/C27H32F3N5O4/c1-25(2,3)20(34-24(39)27(28,29)30)23(38)35-12-16-18(26(16,4)5)19(35)22(37)32-13(11-31)10-15-14-8-6-7-9-17(14)33-21(15)36/h6-9,13,15-16,18-20H,10,12H2,1-5H3,(H,32,37)(H,33,36)(H,34,39)/t13-,15+,16-,18-,19-,20+/m0/s1. The molecule has 2 heterocycles. The summed E-state index contributed by atoms with van der Waals surface area (Å²) in [5, 5.41) is 17.0. The zero-order valence-corrected chi connectivity index (χ0v) is 22.3. The van der Waals surface area contributed by atoms with Gasteiger partial charge < -0.3 is 20.9 Å². The average Bonchev–Trinajstić information content (AvgIpc) is 3.15. The van der Waals surface area contributed by atoms with Crippen LogP contribution < -0.4 is 16.0 Å². The number of nitrogens with one attached hydrogen (secondary N) is 3. The molecule has 4 amide bonds. The zero-order valence-electron chi connectivity index (χ0n) is 22.3. The minimum absolute atomic E-state index is 0.00942. The second kappa shape index (κ2) is 9.54. The summed E-state index contributed by atoms with van der Waals surface area (Å²) in [4.78, 5) is 52.7. The lowest BCUT2D eigenvalue weighted by atomic mass is 9.85. The molecule has 1 saturated heterocycles. The number of nitrogens with zero attached hydrogens (tertiary/aromatic N) is 2. The van der Waals surface area contributed by atoms with Crippen molar-refractivity contribution in [3.8, 4) is 6.07 Å². The molecule has 3 N–H and O–H groups in total. The molecule has 0 bridgehead atoms. The van der Waals surface area contributed by atoms with Gasteiger partial charge in [0, 0.05) is 12.2 Å². The molecular weight excluding hydrogens is 515 g/mol. The highest BCUT2D eigenvalue weighted by molar-refractivity contribution is 6.03. The number of anilines is 1. The third-order valence-corrected chi connectivity index (χ3v) is 8.26. The highest BCUT2D eigenvalue weighted by Gasteiger charge is 2.70. The third-order valence-electron chi connectivity index (χ3n) is 8.26. The molecule has 0 radical (unpaired) electrons. The van der Waals surface area contributed by atoms with Crippen molar-refractivity contribution in [2.45, 2.75) is 71.3 Å². The zero-order chi connectivity index (χ0) is 29.1. The number of likely N-dealkylation sites (tertiary alicyclic amines) is 1. The largest absolute Gasteiger partial charge is 0.471 e. The lowest BCUT2D eigenvalue weighted by molar-refractivity contribution is -0.176. The van der Waals surface area contributed by atoms with Gasteiger partial charge in [0.25, 0.3) is 0 Å². The number of carbonyl (C=O) groups excluding carboxylic acids is 4. The molecule has 1 aromatic carbocycles. The first-order valence-corrected chi connectivity index (χ1v) is 12.8. The van der Waals surface area contributed by atoms with Crippen LogP contribution in [0, 0.1) is 34.0 Å². The van der Waals surface area contributed by atoms with E-state index in [0.717, 1.165) is 0 Å². The van der Waals surface area contributed by atoms with Gasteiger partial charge in [0.1, 0.15) is 18.1 Å². The molecule has 12 heteroatoms. The summed E-state index contributed by atoms with van der Waals surface area (Å²) in [5.41, 5.74) is -0.0246. The number of hydrogen-bond donors (Lipinski definition) is 3. The first-order chi connectivity index (χ1) is 18.0. The first kappa shape index (κ1) is 28.4. The Morgan fingerprint density at radius 2 is 1.82 bits per heavy atom. The second-order valence-corrected chi connectivity index (χ2v) is 12.2. The normalized spacial score (nSPS) is 26.4. The van der Waals surface area contributed by atoms with Gasteiger partial charge in [0.15, 0.2) is 0 Å². The Morgan fingerprint density at radius 3 is 2.41 bits per heavy atom. The van der Waals surface area contributed by atoms with Crippen LogP contribution >= 0.6 is 0 Å². The number of carbonyl (C=O) groups is 4. The fourth-order valence-corrected chi connectivity index (χ4v) is 5.99. The van der Waals surface area contributed by atoms with Gasteiger partial charge in [0.05, 0.1) is 12.0 Å². The average molecular weight is 548 g/mol. The van der Waals surface area contributed by atoms with Gasteiger partial charge in [-0.05, 0) is 40.7 Å². The molecule has 0 spiro atoms. The molecule has 9 nitrogen and oxygen atoms in total. The summed E-state index contributed by atoms with van der Waals surface area (Å²) in [6.45, 7) is 8.60. The monoisotopic (exact) mass is 547 g/mol. The van der Waals surface area contributed by atoms with E-state index >= 15 is 0 Å². The summed E-state index contributed by atoms with van der Waals surface area (Å²) >= 11 is 0. The molecule has 6 atom stereocenters. The van der Waals surface area contributed by atoms with E-state index in [9.17, 15) is 37.6 Å². The van der Waals surface area contributed by atoms with Gasteiger partial charge in [-0.1, -0.05) is 52.8 Å². The van der Waals surface area contributed by atoms with E-state index < -0.39 is 53.4 Å². The smallest absolute Gasteiger partial charge is 0.339 e. The highest BCUT2D eigenvalue weighted by atomic mass is 19.4. The van der Waals surface area contributed by atoms with Crippen LogP contribution in [0.4, 0.5) is 18.9 Å². The maximum atomic E-state index is 13.6. The van der Waals surface area contributed by atoms with Crippen LogP contribution in [-0.2, 0) is 19.2 Å². The van der Waals surface area contributed by atoms with Crippen LogP contribution in [0.3, 0.4) is 0 Å². The van der Waals surface area contributed by atoms with E-state index in [1.165, 1.54) is 25.7 Å². The van der Waals surface area contributed by atoms with E-state index in [4.69, 9.17) is 0 Å². The number of para-hydroxylation sites is 1. The Balaban J connectivity index is 1.54. The minimum Gasteiger partial charge on any atom is -0.339 e. The minimum atomic E-state index is -5.18. The number of alkyl halides is 3. The molecule has 39 heavy (non-hydrogen) atoms. The predicted molar refractivity (Wildman–Crippen MR) is 134 cm³/mol. The van der Waals surface area contributed by atoms with Crippen molar-refractivity contribution in [3.63, 3.8) is 0 Å². The van der Waals surface area contributed by atoms with Gasteiger partial charge in [-0.2, -0.15) is 18.4 Å². The van der Waals surface area contributed by atoms with Crippen molar-refractivity contribution in [2.75, 3.05) is 11.9 Å². The van der Waals surface area contributed by atoms with Gasteiger partial charge in [0.2, 0.25) is 17.7 Å². The topological polar surface area (TPSA) is 131 Å². The second-order valence-electron chi connectivity index (χ2n) is 12.2. The van der Waals surface area contributed by atoms with Gasteiger partial charge in [-0.25, -0.2) is 0 Å². The fourth-order valence-electron chi connectivity index (χ4n) is 5.99. The quantitative estimate of drug-likeness (QED) is 0.504. The number of amides is 4. The fraction of sp³-hybridized carbons (Fsp3) is 0.593. The lowest BCUT2D eigenvalue weighted by Gasteiger charge is -2.37. The molecule has 210 valence electrons. The maximum Gasteiger partial charge on any atom is 0.471 e. The molecule has 1 saturated carbocycles. The Labute approximate surface area is 224 Å².